The largest absolute Gasteiger partial charge is 0.335 e. The van der Waals surface area contributed by atoms with Crippen molar-refractivity contribution in [3.63, 3.8) is 0 Å². The van der Waals surface area contributed by atoms with E-state index < -0.39 is 20.2 Å². The number of benzene rings is 2. The summed E-state index contributed by atoms with van der Waals surface area (Å²) in [5.41, 5.74) is 2.82. The molecule has 1 aliphatic rings. The van der Waals surface area contributed by atoms with Crippen LogP contribution in [0.4, 0.5) is 5.69 Å². The smallest absolute Gasteiger partial charge is 0.267 e. The van der Waals surface area contributed by atoms with Gasteiger partial charge in [0.1, 0.15) is 4.70 Å². The van der Waals surface area contributed by atoms with E-state index in [-0.39, 0.29) is 17.9 Å². The summed E-state index contributed by atoms with van der Waals surface area (Å²) in [5.74, 6) is -0.460. The molecular weight excluding hydrogens is 614 g/mol. The van der Waals surface area contributed by atoms with Crippen LogP contribution in [0.2, 0.25) is 5.02 Å². The van der Waals surface area contributed by atoms with Gasteiger partial charge in [-0.05, 0) is 48.9 Å². The summed E-state index contributed by atoms with van der Waals surface area (Å²) in [6.07, 6.45) is 6.56. The molecule has 0 aliphatic carbocycles. The Morgan fingerprint density at radius 2 is 1.82 bits per heavy atom. The summed E-state index contributed by atoms with van der Waals surface area (Å²) < 4.78 is 65.8. The van der Waals surface area contributed by atoms with Gasteiger partial charge >= 0.3 is 0 Å². The average molecular weight is 641 g/mol. The maximum Gasteiger partial charge on any atom is 0.267 e. The molecule has 9 nitrogen and oxygen atoms in total. The summed E-state index contributed by atoms with van der Waals surface area (Å²) in [6, 6.07) is 15.7. The maximum atomic E-state index is 12.0. The molecule has 2 aromatic carbocycles. The van der Waals surface area contributed by atoms with Crippen LogP contribution in [0, 0.1) is 0 Å². The van der Waals surface area contributed by atoms with Gasteiger partial charge in [-0.2, -0.15) is 21.4 Å². The molecule has 0 atom stereocenters. The van der Waals surface area contributed by atoms with Crippen molar-refractivity contribution in [1.29, 1.82) is 0 Å². The van der Waals surface area contributed by atoms with E-state index >= 15 is 0 Å². The fourth-order valence-electron chi connectivity index (χ4n) is 4.50. The molecule has 0 fully saturated rings. The Morgan fingerprint density at radius 1 is 1.05 bits per heavy atom. The molecule has 0 unspecified atom stereocenters. The summed E-state index contributed by atoms with van der Waals surface area (Å²) in [6.45, 7) is 0.809. The van der Waals surface area contributed by atoms with E-state index in [2.05, 4.69) is 20.9 Å². The Balaban J connectivity index is 1.55. The zero-order valence-corrected chi connectivity index (χ0v) is 25.5. The van der Waals surface area contributed by atoms with Gasteiger partial charge in [0, 0.05) is 41.3 Å². The lowest BCUT2D eigenvalue weighted by Crippen LogP contribution is -2.36. The van der Waals surface area contributed by atoms with E-state index in [4.69, 9.17) is 11.6 Å². The van der Waals surface area contributed by atoms with Crippen LogP contribution in [0.5, 0.6) is 0 Å². The number of thioether (sulfide) groups is 1. The van der Waals surface area contributed by atoms with Crippen molar-refractivity contribution in [2.45, 2.75) is 24.3 Å². The summed E-state index contributed by atoms with van der Waals surface area (Å²) in [4.78, 5) is 2.99. The van der Waals surface area contributed by atoms with E-state index in [0.29, 0.717) is 24.5 Å². The third kappa shape index (κ3) is 6.73. The highest BCUT2D eigenvalue weighted by Gasteiger charge is 2.29. The van der Waals surface area contributed by atoms with Gasteiger partial charge < -0.3 is 9.47 Å². The average Bonchev–Trinajstić information content (AvgIpc) is 3.62. The van der Waals surface area contributed by atoms with Crippen LogP contribution in [-0.2, 0) is 31.0 Å². The second-order valence-electron chi connectivity index (χ2n) is 9.10. The molecule has 1 N–H and O–H groups in total. The fourth-order valence-corrected chi connectivity index (χ4v) is 8.10. The van der Waals surface area contributed by atoms with Gasteiger partial charge in [0.2, 0.25) is 5.52 Å². The van der Waals surface area contributed by atoms with Gasteiger partial charge in [0.25, 0.3) is 25.2 Å². The Bertz CT molecular complexity index is 1780. The number of anilines is 1. The first-order valence-corrected chi connectivity index (χ1v) is 17.5. The number of nitrogens with zero attached hydrogens (tertiary/aromatic N) is 3. The first-order valence-electron chi connectivity index (χ1n) is 12.3. The van der Waals surface area contributed by atoms with Crippen molar-refractivity contribution >= 4 is 76.9 Å². The molecule has 14 heteroatoms. The van der Waals surface area contributed by atoms with Crippen molar-refractivity contribution < 1.29 is 30.1 Å². The first-order chi connectivity index (χ1) is 19.0. The minimum absolute atomic E-state index is 0.110. The fraction of sp³-hybridized carbons (Fsp3) is 0.269. The molecular formula is C26H27ClN3O6S4+. The zero-order valence-electron chi connectivity index (χ0n) is 21.4. The number of rotatable bonds is 11. The normalized spacial score (nSPS) is 14.9. The predicted molar refractivity (Wildman–Crippen MR) is 160 cm³/mol. The van der Waals surface area contributed by atoms with E-state index in [0.717, 1.165) is 36.5 Å². The van der Waals surface area contributed by atoms with Crippen molar-refractivity contribution in [2.75, 3.05) is 30.1 Å². The molecule has 0 bridgehead atoms. The Morgan fingerprint density at radius 3 is 2.55 bits per heavy atom. The number of hydrogen-bond donors (Lipinski definition) is 1. The first kappa shape index (κ1) is 29.1. The van der Waals surface area contributed by atoms with Crippen molar-refractivity contribution in [1.82, 2.24) is 4.57 Å². The lowest BCUT2D eigenvalue weighted by Gasteiger charge is -2.20. The van der Waals surface area contributed by atoms with Gasteiger partial charge in [-0.25, -0.2) is 0 Å². The zero-order chi connectivity index (χ0) is 28.5. The third-order valence-electron chi connectivity index (χ3n) is 6.37. The van der Waals surface area contributed by atoms with Crippen LogP contribution in [0.15, 0.2) is 70.8 Å². The lowest BCUT2D eigenvalue weighted by atomic mass is 10.2. The third-order valence-corrected chi connectivity index (χ3v) is 10.9. The molecule has 0 spiro atoms. The van der Waals surface area contributed by atoms with Crippen LogP contribution in [0.25, 0.3) is 22.0 Å². The van der Waals surface area contributed by atoms with E-state index in [1.54, 1.807) is 23.1 Å². The van der Waals surface area contributed by atoms with Crippen LogP contribution in [0.1, 0.15) is 17.8 Å². The Hall–Kier alpha value is -2.39. The molecule has 0 radical (unpaired) electrons. The number of aromatic nitrogens is 2. The highest BCUT2D eigenvalue weighted by Crippen LogP contribution is 2.48. The molecule has 0 saturated carbocycles. The summed E-state index contributed by atoms with van der Waals surface area (Å²) >= 11 is 9.42. The topological polar surface area (TPSA) is 110 Å². The lowest BCUT2D eigenvalue weighted by molar-refractivity contribution is -0.668. The number of hydrogen-bond acceptors (Lipinski definition) is 8. The Kier molecular flexibility index (Phi) is 8.62. The van der Waals surface area contributed by atoms with Gasteiger partial charge in [-0.1, -0.05) is 34.7 Å². The monoisotopic (exact) mass is 640 g/mol. The van der Waals surface area contributed by atoms with E-state index in [9.17, 15) is 21.4 Å². The van der Waals surface area contributed by atoms with Crippen LogP contribution in [-0.4, -0.2) is 51.1 Å². The minimum atomic E-state index is -4.09. The number of aryl methyl sites for hydroxylation is 1. The van der Waals surface area contributed by atoms with Crippen LogP contribution >= 0.6 is 34.7 Å². The Labute approximate surface area is 246 Å². The molecule has 1 aliphatic heterocycles. The molecule has 0 amide bonds. The van der Waals surface area contributed by atoms with Gasteiger partial charge in [-0.15, -0.1) is 0 Å². The SMILES string of the molecule is COS(=O)(=O)CCC[n+]1c(C=C2Sc3ccc(Cl)cc3N2CCCS(=O)(=O)O)sc2ccc(-n3cccc3)cc21. The van der Waals surface area contributed by atoms with Gasteiger partial charge in [-0.3, -0.25) is 8.74 Å². The molecule has 40 heavy (non-hydrogen) atoms. The second-order valence-corrected chi connectivity index (χ2v) is 15.1. The summed E-state index contributed by atoms with van der Waals surface area (Å²) in [7, 11) is -6.53. The number of halogens is 1. The van der Waals surface area contributed by atoms with Gasteiger partial charge in [0.15, 0.2) is 6.54 Å². The molecule has 3 heterocycles. The van der Waals surface area contributed by atoms with Crippen LogP contribution in [0.3, 0.4) is 0 Å². The number of thiazole rings is 1. The van der Waals surface area contributed by atoms with E-state index in [1.807, 2.05) is 64.3 Å². The molecule has 0 saturated heterocycles. The predicted octanol–water partition coefficient (Wildman–Crippen LogP) is 5.19. The van der Waals surface area contributed by atoms with Crippen molar-refractivity contribution in [3.8, 4) is 5.69 Å². The van der Waals surface area contributed by atoms with Crippen molar-refractivity contribution in [3.05, 3.63) is 76.0 Å². The standard InChI is InChI=1S/C26H26ClN3O6S4/c1-36-40(34,35)15-5-13-30-22-17-20(28-10-2-3-11-28)7-9-24(22)38-26(30)18-25-29(12-4-14-39(31,32)33)21-16-19(27)6-8-23(21)37-25/h2-3,6-11,16-18H,4-5,12-15H2,1H3/p+1. The molecule has 4 aromatic rings. The molecule has 5 rings (SSSR count). The second kappa shape index (κ2) is 11.8. The van der Waals surface area contributed by atoms with Gasteiger partial charge in [0.05, 0.1) is 41.1 Å². The van der Waals surface area contributed by atoms with Crippen molar-refractivity contribution in [2.24, 2.45) is 0 Å². The highest BCUT2D eigenvalue weighted by atomic mass is 35.5. The quantitative estimate of drug-likeness (QED) is 0.136. The van der Waals surface area contributed by atoms with E-state index in [1.165, 1.54) is 7.11 Å². The number of fused-ring (bicyclic) bond motifs is 2. The molecule has 212 valence electrons. The summed E-state index contributed by atoms with van der Waals surface area (Å²) in [5, 5.41) is 2.35. The maximum absolute atomic E-state index is 12.0. The molecule has 2 aromatic heterocycles. The van der Waals surface area contributed by atoms with Crippen LogP contribution < -0.4 is 9.47 Å². The highest BCUT2D eigenvalue weighted by molar-refractivity contribution is 8.04. The minimum Gasteiger partial charge on any atom is -0.335 e.